The highest BCUT2D eigenvalue weighted by Crippen LogP contribution is 2.32. The number of likely N-dealkylation sites (tertiary alicyclic amines) is 1. The van der Waals surface area contributed by atoms with E-state index in [2.05, 4.69) is 4.90 Å². The molecule has 0 spiro atoms. The maximum atomic E-state index is 9.52. The van der Waals surface area contributed by atoms with Crippen molar-refractivity contribution in [3.05, 3.63) is 0 Å². The van der Waals surface area contributed by atoms with E-state index >= 15 is 0 Å². The van der Waals surface area contributed by atoms with Crippen LogP contribution in [0.3, 0.4) is 0 Å². The summed E-state index contributed by atoms with van der Waals surface area (Å²) in [6.45, 7) is 2.21. The SMILES string of the molecule is OC1CCC(N2CC3CCC(C2)O3)C1. The predicted molar refractivity (Wildman–Crippen MR) is 53.1 cm³/mol. The van der Waals surface area contributed by atoms with Crippen LogP contribution in [0.4, 0.5) is 0 Å². The van der Waals surface area contributed by atoms with Gasteiger partial charge in [-0.2, -0.15) is 0 Å². The Bertz CT molecular complexity index is 209. The average molecular weight is 197 g/mol. The van der Waals surface area contributed by atoms with Gasteiger partial charge in [0.25, 0.3) is 0 Å². The summed E-state index contributed by atoms with van der Waals surface area (Å²) in [5.41, 5.74) is 0. The predicted octanol–water partition coefficient (Wildman–Crippen LogP) is 0.763. The van der Waals surface area contributed by atoms with E-state index in [1.54, 1.807) is 0 Å². The van der Waals surface area contributed by atoms with Crippen LogP contribution in [-0.2, 0) is 4.74 Å². The third-order valence-electron chi connectivity index (χ3n) is 3.97. The van der Waals surface area contributed by atoms with E-state index in [0.29, 0.717) is 18.2 Å². The molecular formula is C11H19NO2. The molecule has 1 aliphatic carbocycles. The first-order valence-electron chi connectivity index (χ1n) is 5.89. The Kier molecular flexibility index (Phi) is 2.26. The van der Waals surface area contributed by atoms with Gasteiger partial charge in [0.2, 0.25) is 0 Å². The van der Waals surface area contributed by atoms with E-state index in [-0.39, 0.29) is 6.10 Å². The van der Waals surface area contributed by atoms with Crippen molar-refractivity contribution in [1.29, 1.82) is 0 Å². The Morgan fingerprint density at radius 3 is 2.29 bits per heavy atom. The zero-order valence-electron chi connectivity index (χ0n) is 8.56. The number of nitrogens with zero attached hydrogens (tertiary/aromatic N) is 1. The summed E-state index contributed by atoms with van der Waals surface area (Å²) in [5, 5.41) is 9.52. The number of fused-ring (bicyclic) bond motifs is 2. The van der Waals surface area contributed by atoms with Crippen LogP contribution in [0.25, 0.3) is 0 Å². The van der Waals surface area contributed by atoms with Gasteiger partial charge in [0.1, 0.15) is 0 Å². The van der Waals surface area contributed by atoms with Gasteiger partial charge in [0.15, 0.2) is 0 Å². The largest absolute Gasteiger partial charge is 0.393 e. The molecule has 4 unspecified atom stereocenters. The van der Waals surface area contributed by atoms with Crippen LogP contribution >= 0.6 is 0 Å². The van der Waals surface area contributed by atoms with Gasteiger partial charge in [-0.05, 0) is 32.1 Å². The van der Waals surface area contributed by atoms with Crippen LogP contribution in [-0.4, -0.2) is 47.4 Å². The lowest BCUT2D eigenvalue weighted by atomic mass is 10.1. The Morgan fingerprint density at radius 2 is 1.71 bits per heavy atom. The Balaban J connectivity index is 1.63. The molecule has 3 aliphatic rings. The maximum Gasteiger partial charge on any atom is 0.0707 e. The molecule has 3 heteroatoms. The summed E-state index contributed by atoms with van der Waals surface area (Å²) in [6, 6.07) is 0.636. The fraction of sp³-hybridized carbons (Fsp3) is 1.00. The lowest BCUT2D eigenvalue weighted by Gasteiger charge is -2.36. The van der Waals surface area contributed by atoms with Gasteiger partial charge in [-0.15, -0.1) is 0 Å². The van der Waals surface area contributed by atoms with E-state index in [1.165, 1.54) is 19.3 Å². The number of aliphatic hydroxyl groups is 1. The molecule has 0 radical (unpaired) electrons. The third kappa shape index (κ3) is 1.58. The molecule has 3 nitrogen and oxygen atoms in total. The lowest BCUT2D eigenvalue weighted by Crippen LogP contribution is -2.47. The van der Waals surface area contributed by atoms with Crippen molar-refractivity contribution in [3.8, 4) is 0 Å². The van der Waals surface area contributed by atoms with Gasteiger partial charge in [-0.3, -0.25) is 4.90 Å². The van der Waals surface area contributed by atoms with Crippen molar-refractivity contribution in [2.24, 2.45) is 0 Å². The molecule has 14 heavy (non-hydrogen) atoms. The van der Waals surface area contributed by atoms with Gasteiger partial charge in [-0.1, -0.05) is 0 Å². The molecule has 80 valence electrons. The molecule has 0 aromatic carbocycles. The first-order chi connectivity index (χ1) is 6.81. The van der Waals surface area contributed by atoms with E-state index in [0.717, 1.165) is 25.9 Å². The monoisotopic (exact) mass is 197 g/mol. The highest BCUT2D eigenvalue weighted by Gasteiger charge is 2.38. The second kappa shape index (κ2) is 3.47. The molecule has 0 aromatic heterocycles. The van der Waals surface area contributed by atoms with E-state index in [1.807, 2.05) is 0 Å². The highest BCUT2D eigenvalue weighted by atomic mass is 16.5. The second-order valence-corrected chi connectivity index (χ2v) is 5.03. The molecular weight excluding hydrogens is 178 g/mol. The van der Waals surface area contributed by atoms with Crippen molar-refractivity contribution in [1.82, 2.24) is 4.90 Å². The summed E-state index contributed by atoms with van der Waals surface area (Å²) in [6.07, 6.45) is 6.60. The molecule has 2 saturated heterocycles. The minimum absolute atomic E-state index is 0.0412. The van der Waals surface area contributed by atoms with Crippen LogP contribution in [0.2, 0.25) is 0 Å². The normalized spacial score (nSPS) is 48.6. The Morgan fingerprint density at radius 1 is 1.00 bits per heavy atom. The molecule has 2 aliphatic heterocycles. The van der Waals surface area contributed by atoms with Crippen LogP contribution in [0, 0.1) is 0 Å². The fourth-order valence-corrected chi connectivity index (χ4v) is 3.21. The van der Waals surface area contributed by atoms with Gasteiger partial charge < -0.3 is 9.84 Å². The molecule has 0 aromatic rings. The summed E-state index contributed by atoms with van der Waals surface area (Å²) < 4.78 is 5.81. The topological polar surface area (TPSA) is 32.7 Å². The smallest absolute Gasteiger partial charge is 0.0707 e. The Hall–Kier alpha value is -0.120. The maximum absolute atomic E-state index is 9.52. The Labute approximate surface area is 85.0 Å². The third-order valence-corrected chi connectivity index (χ3v) is 3.97. The number of hydrogen-bond donors (Lipinski definition) is 1. The zero-order chi connectivity index (χ0) is 9.54. The van der Waals surface area contributed by atoms with Crippen LogP contribution in [0.15, 0.2) is 0 Å². The van der Waals surface area contributed by atoms with E-state index in [4.69, 9.17) is 4.74 Å². The first kappa shape index (κ1) is 9.13. The minimum atomic E-state index is -0.0412. The van der Waals surface area contributed by atoms with Crippen molar-refractivity contribution < 1.29 is 9.84 Å². The second-order valence-electron chi connectivity index (χ2n) is 5.03. The van der Waals surface area contributed by atoms with Gasteiger partial charge in [-0.25, -0.2) is 0 Å². The first-order valence-corrected chi connectivity index (χ1v) is 5.89. The molecule has 1 N–H and O–H groups in total. The van der Waals surface area contributed by atoms with Crippen LogP contribution < -0.4 is 0 Å². The molecule has 0 amide bonds. The van der Waals surface area contributed by atoms with E-state index in [9.17, 15) is 5.11 Å². The fourth-order valence-electron chi connectivity index (χ4n) is 3.21. The highest BCUT2D eigenvalue weighted by molar-refractivity contribution is 4.91. The van der Waals surface area contributed by atoms with Gasteiger partial charge in [0, 0.05) is 19.1 Å². The number of hydrogen-bond acceptors (Lipinski definition) is 3. The van der Waals surface area contributed by atoms with Crippen molar-refractivity contribution in [3.63, 3.8) is 0 Å². The number of ether oxygens (including phenoxy) is 1. The number of rotatable bonds is 1. The summed E-state index contributed by atoms with van der Waals surface area (Å²) >= 11 is 0. The van der Waals surface area contributed by atoms with Crippen LogP contribution in [0.5, 0.6) is 0 Å². The zero-order valence-corrected chi connectivity index (χ0v) is 8.56. The van der Waals surface area contributed by atoms with Crippen molar-refractivity contribution in [2.75, 3.05) is 13.1 Å². The van der Waals surface area contributed by atoms with Gasteiger partial charge >= 0.3 is 0 Å². The quantitative estimate of drug-likeness (QED) is 0.673. The molecule has 4 atom stereocenters. The average Bonchev–Trinajstić information content (AvgIpc) is 2.73. The summed E-state index contributed by atoms with van der Waals surface area (Å²) in [5.74, 6) is 0. The molecule has 3 rings (SSSR count). The standard InChI is InChI=1S/C11H19NO2/c13-9-2-1-8(5-9)12-6-10-3-4-11(7-12)14-10/h8-11,13H,1-7H2. The summed E-state index contributed by atoms with van der Waals surface area (Å²) in [7, 11) is 0. The lowest BCUT2D eigenvalue weighted by molar-refractivity contribution is -0.0530. The molecule has 2 heterocycles. The summed E-state index contributed by atoms with van der Waals surface area (Å²) in [4.78, 5) is 2.56. The van der Waals surface area contributed by atoms with E-state index < -0.39 is 0 Å². The number of aliphatic hydroxyl groups excluding tert-OH is 1. The van der Waals surface area contributed by atoms with Gasteiger partial charge in [0.05, 0.1) is 18.3 Å². The molecule has 1 saturated carbocycles. The number of morpholine rings is 1. The molecule has 3 fully saturated rings. The minimum Gasteiger partial charge on any atom is -0.393 e. The molecule has 2 bridgehead atoms. The van der Waals surface area contributed by atoms with Crippen LogP contribution in [0.1, 0.15) is 32.1 Å². The van der Waals surface area contributed by atoms with Crippen molar-refractivity contribution in [2.45, 2.75) is 56.5 Å². The van der Waals surface area contributed by atoms with Crippen molar-refractivity contribution >= 4 is 0 Å².